The zero-order chi connectivity index (χ0) is 23.8. The summed E-state index contributed by atoms with van der Waals surface area (Å²) in [5, 5.41) is 3.69. The summed E-state index contributed by atoms with van der Waals surface area (Å²) in [5.74, 6) is 0.468. The molecule has 0 spiro atoms. The van der Waals surface area contributed by atoms with Crippen molar-refractivity contribution in [3.05, 3.63) is 6.20 Å². The van der Waals surface area contributed by atoms with E-state index in [2.05, 4.69) is 20.1 Å². The van der Waals surface area contributed by atoms with E-state index in [1.807, 2.05) is 4.90 Å². The molecular weight excluding hydrogens is 470 g/mol. The molecule has 0 aromatic carbocycles. The monoisotopic (exact) mass is 507 g/mol. The lowest BCUT2D eigenvalue weighted by molar-refractivity contribution is -0.130. The van der Waals surface area contributed by atoms with Crippen molar-refractivity contribution in [1.29, 1.82) is 0 Å². The van der Waals surface area contributed by atoms with Crippen LogP contribution in [-0.2, 0) is 9.59 Å². The fourth-order valence-corrected chi connectivity index (χ4v) is 7.16. The van der Waals surface area contributed by atoms with Gasteiger partial charge in [0.05, 0.1) is 22.7 Å². The second-order valence-corrected chi connectivity index (χ2v) is 11.8. The Bertz CT molecular complexity index is 797. The van der Waals surface area contributed by atoms with Crippen molar-refractivity contribution in [1.82, 2.24) is 19.7 Å². The topological polar surface area (TPSA) is 85.9 Å². The number of hydrogen-bond donors (Lipinski definition) is 1. The molecule has 1 saturated heterocycles. The zero-order valence-electron chi connectivity index (χ0n) is 20.0. The van der Waals surface area contributed by atoms with Gasteiger partial charge < -0.3 is 14.6 Å². The number of nitrogens with one attached hydrogen (secondary N) is 1. The van der Waals surface area contributed by atoms with E-state index in [4.69, 9.17) is 0 Å². The van der Waals surface area contributed by atoms with Gasteiger partial charge in [-0.25, -0.2) is 9.78 Å². The molecule has 1 aromatic heterocycles. The number of hydrogen-bond acceptors (Lipinski definition) is 7. The number of carbonyl (C=O) groups excluding carboxylic acids is 3. The minimum atomic E-state index is -0.00558. The van der Waals surface area contributed by atoms with Crippen LogP contribution in [0.15, 0.2) is 10.4 Å². The van der Waals surface area contributed by atoms with Crippen LogP contribution in [0.2, 0.25) is 0 Å². The van der Waals surface area contributed by atoms with Crippen molar-refractivity contribution in [3.63, 3.8) is 0 Å². The van der Waals surface area contributed by atoms with Crippen LogP contribution in [0, 0.1) is 0 Å². The molecule has 1 N–H and O–H groups in total. The van der Waals surface area contributed by atoms with Crippen molar-refractivity contribution in [2.75, 3.05) is 43.8 Å². The Kier molecular flexibility index (Phi) is 9.64. The van der Waals surface area contributed by atoms with E-state index >= 15 is 0 Å². The van der Waals surface area contributed by atoms with Crippen LogP contribution in [0.25, 0.3) is 0 Å². The highest BCUT2D eigenvalue weighted by molar-refractivity contribution is 8.01. The van der Waals surface area contributed by atoms with Crippen LogP contribution in [0.1, 0.15) is 64.2 Å². The van der Waals surface area contributed by atoms with E-state index in [-0.39, 0.29) is 11.9 Å². The number of aromatic nitrogens is 1. The van der Waals surface area contributed by atoms with Crippen molar-refractivity contribution >= 4 is 46.5 Å². The summed E-state index contributed by atoms with van der Waals surface area (Å²) in [4.78, 5) is 47.1. The first-order valence-corrected chi connectivity index (χ1v) is 14.6. The van der Waals surface area contributed by atoms with Crippen molar-refractivity contribution < 1.29 is 14.4 Å². The Balaban J connectivity index is 1.28. The molecule has 0 unspecified atom stereocenters. The molecule has 3 fully saturated rings. The first-order valence-electron chi connectivity index (χ1n) is 12.8. The number of urea groups is 1. The number of amides is 3. The quantitative estimate of drug-likeness (QED) is 0.422. The third-order valence-corrected chi connectivity index (χ3v) is 9.36. The van der Waals surface area contributed by atoms with Gasteiger partial charge in [0.25, 0.3) is 0 Å². The van der Waals surface area contributed by atoms with Gasteiger partial charge in [-0.1, -0.05) is 49.9 Å². The zero-order valence-corrected chi connectivity index (χ0v) is 21.6. The summed E-state index contributed by atoms with van der Waals surface area (Å²) in [6.45, 7) is 3.24. The molecule has 0 bridgehead atoms. The lowest BCUT2D eigenvalue weighted by atomic mass is 9.89. The Hall–Kier alpha value is -1.65. The van der Waals surface area contributed by atoms with Crippen molar-refractivity contribution in [3.8, 4) is 0 Å². The van der Waals surface area contributed by atoms with Gasteiger partial charge in [0.2, 0.25) is 5.91 Å². The standard InChI is InChI=1S/C24H37N5O3S2/c30-16-15-27-11-13-28(14-12-27)21(31)18-33-22-17-25-23(34-22)26-24(32)29(19-7-3-1-4-8-19)20-9-5-2-6-10-20/h16-17,19-20H,1-15,18H2,(H,25,26,32). The SMILES string of the molecule is O=CCN1CCN(C(=O)CSc2cnc(NC(=O)N(C3CCCCC3)C3CCCCC3)s2)CC1. The molecule has 2 saturated carbocycles. The number of carbonyl (C=O) groups is 3. The number of rotatable bonds is 8. The van der Waals surface area contributed by atoms with E-state index in [9.17, 15) is 14.4 Å². The number of thioether (sulfide) groups is 1. The maximum absolute atomic E-state index is 13.4. The number of aldehydes is 1. The smallest absolute Gasteiger partial charge is 0.324 e. The van der Waals surface area contributed by atoms with E-state index in [0.717, 1.165) is 49.3 Å². The van der Waals surface area contributed by atoms with Gasteiger partial charge in [-0.3, -0.25) is 15.0 Å². The predicted octanol–water partition coefficient (Wildman–Crippen LogP) is 4.08. The average Bonchev–Trinajstić information content (AvgIpc) is 3.32. The lowest BCUT2D eigenvalue weighted by Crippen LogP contribution is -2.50. The highest BCUT2D eigenvalue weighted by Crippen LogP contribution is 2.32. The summed E-state index contributed by atoms with van der Waals surface area (Å²) in [6.07, 6.45) is 14.5. The number of piperazine rings is 1. The molecule has 0 atom stereocenters. The average molecular weight is 508 g/mol. The van der Waals surface area contributed by atoms with Gasteiger partial charge in [0.15, 0.2) is 5.13 Å². The summed E-state index contributed by atoms with van der Waals surface area (Å²) in [7, 11) is 0. The lowest BCUT2D eigenvalue weighted by Gasteiger charge is -2.41. The Morgan fingerprint density at radius 3 is 2.24 bits per heavy atom. The van der Waals surface area contributed by atoms with Crippen LogP contribution in [0.4, 0.5) is 9.93 Å². The summed E-state index contributed by atoms with van der Waals surface area (Å²) in [5.41, 5.74) is 0. The maximum atomic E-state index is 13.4. The van der Waals surface area contributed by atoms with E-state index in [1.54, 1.807) is 6.20 Å². The van der Waals surface area contributed by atoms with Gasteiger partial charge in [0.1, 0.15) is 6.29 Å². The number of anilines is 1. The van der Waals surface area contributed by atoms with Gasteiger partial charge in [-0.15, -0.1) is 11.8 Å². The molecule has 1 aromatic rings. The van der Waals surface area contributed by atoms with Crippen molar-refractivity contribution in [2.24, 2.45) is 0 Å². The largest absolute Gasteiger partial charge is 0.339 e. The fourth-order valence-electron chi connectivity index (χ4n) is 5.40. The van der Waals surface area contributed by atoms with Crippen LogP contribution in [0.3, 0.4) is 0 Å². The number of thiazole rings is 1. The van der Waals surface area contributed by atoms with Crippen LogP contribution >= 0.6 is 23.1 Å². The molecule has 10 heteroatoms. The molecule has 2 heterocycles. The maximum Gasteiger partial charge on any atom is 0.324 e. The third kappa shape index (κ3) is 6.95. The van der Waals surface area contributed by atoms with E-state index < -0.39 is 0 Å². The van der Waals surface area contributed by atoms with Gasteiger partial charge >= 0.3 is 6.03 Å². The molecule has 34 heavy (non-hydrogen) atoms. The molecule has 3 amide bonds. The third-order valence-electron chi connectivity index (χ3n) is 7.26. The van der Waals surface area contributed by atoms with Crippen LogP contribution < -0.4 is 5.32 Å². The highest BCUT2D eigenvalue weighted by atomic mass is 32.2. The highest BCUT2D eigenvalue weighted by Gasteiger charge is 2.33. The van der Waals surface area contributed by atoms with Gasteiger partial charge in [-0.05, 0) is 25.7 Å². The van der Waals surface area contributed by atoms with Crippen LogP contribution in [0.5, 0.6) is 0 Å². The molecular formula is C24H37N5O3S2. The second-order valence-electron chi connectivity index (χ2n) is 9.54. The van der Waals surface area contributed by atoms with Crippen LogP contribution in [-0.4, -0.2) is 88.5 Å². The number of nitrogens with zero attached hydrogens (tertiary/aromatic N) is 4. The predicted molar refractivity (Wildman–Crippen MR) is 137 cm³/mol. The molecule has 0 radical (unpaired) electrons. The summed E-state index contributed by atoms with van der Waals surface area (Å²) >= 11 is 2.92. The normalized spacial score (nSPS) is 20.8. The molecule has 188 valence electrons. The summed E-state index contributed by atoms with van der Waals surface area (Å²) in [6, 6.07) is 0.680. The molecule has 1 aliphatic heterocycles. The van der Waals surface area contributed by atoms with E-state index in [1.165, 1.54) is 61.6 Å². The minimum Gasteiger partial charge on any atom is -0.339 e. The Morgan fingerprint density at radius 1 is 1.03 bits per heavy atom. The fraction of sp³-hybridized carbons (Fsp3) is 0.750. The molecule has 2 aliphatic carbocycles. The van der Waals surface area contributed by atoms with Gasteiger partial charge in [0, 0.05) is 38.3 Å². The van der Waals surface area contributed by atoms with Gasteiger partial charge in [-0.2, -0.15) is 0 Å². The molecule has 8 nitrogen and oxygen atoms in total. The molecule has 4 rings (SSSR count). The first kappa shape index (κ1) is 25.4. The van der Waals surface area contributed by atoms with Crippen molar-refractivity contribution in [2.45, 2.75) is 80.5 Å². The van der Waals surface area contributed by atoms with E-state index in [0.29, 0.717) is 42.6 Å². The second kappa shape index (κ2) is 12.9. The first-order chi connectivity index (χ1) is 16.6. The minimum absolute atomic E-state index is 0.00558. The Morgan fingerprint density at radius 2 is 1.65 bits per heavy atom. The summed E-state index contributed by atoms with van der Waals surface area (Å²) < 4.78 is 0.935. The molecule has 3 aliphatic rings. The Labute approximate surface area is 210 Å².